The van der Waals surface area contributed by atoms with Gasteiger partial charge in [-0.05, 0) is 12.5 Å². The maximum Gasteiger partial charge on any atom is 0.109 e. The number of nitrogens with two attached hydrogens (primary N) is 1. The van der Waals surface area contributed by atoms with Crippen LogP contribution >= 0.6 is 0 Å². The predicted octanol–water partition coefficient (Wildman–Crippen LogP) is 2.55. The molecule has 0 heterocycles. The van der Waals surface area contributed by atoms with E-state index in [2.05, 4.69) is 72.9 Å². The SMILES string of the molecule is CC([NH2+]CCc1ccccc1)c1ccccc1. The lowest BCUT2D eigenvalue weighted by Gasteiger charge is -2.10. The molecule has 1 atom stereocenters. The van der Waals surface area contributed by atoms with Crippen LogP contribution in [0.15, 0.2) is 60.7 Å². The first-order chi connectivity index (χ1) is 8.36. The quantitative estimate of drug-likeness (QED) is 0.807. The van der Waals surface area contributed by atoms with Crippen molar-refractivity contribution in [3.63, 3.8) is 0 Å². The molecule has 2 rings (SSSR count). The van der Waals surface area contributed by atoms with E-state index in [1.807, 2.05) is 0 Å². The predicted molar refractivity (Wildman–Crippen MR) is 71.8 cm³/mol. The van der Waals surface area contributed by atoms with Crippen LogP contribution < -0.4 is 5.32 Å². The lowest BCUT2D eigenvalue weighted by atomic mass is 10.1. The van der Waals surface area contributed by atoms with Crippen LogP contribution in [-0.2, 0) is 6.42 Å². The molecule has 0 aromatic heterocycles. The van der Waals surface area contributed by atoms with Crippen molar-refractivity contribution in [3.05, 3.63) is 71.8 Å². The van der Waals surface area contributed by atoms with Crippen molar-refractivity contribution < 1.29 is 5.32 Å². The summed E-state index contributed by atoms with van der Waals surface area (Å²) in [6.07, 6.45) is 1.14. The number of benzene rings is 2. The van der Waals surface area contributed by atoms with Gasteiger partial charge in [-0.25, -0.2) is 0 Å². The van der Waals surface area contributed by atoms with Gasteiger partial charge in [0, 0.05) is 12.0 Å². The third-order valence-electron chi connectivity index (χ3n) is 3.12. The molecule has 0 saturated heterocycles. The summed E-state index contributed by atoms with van der Waals surface area (Å²) >= 11 is 0. The Kier molecular flexibility index (Phi) is 4.34. The highest BCUT2D eigenvalue weighted by Gasteiger charge is 2.06. The molecule has 2 N–H and O–H groups in total. The first-order valence-electron chi connectivity index (χ1n) is 6.28. The van der Waals surface area contributed by atoms with Crippen LogP contribution in [0.2, 0.25) is 0 Å². The monoisotopic (exact) mass is 226 g/mol. The Labute approximate surface area is 103 Å². The number of hydrogen-bond acceptors (Lipinski definition) is 0. The normalized spacial score (nSPS) is 12.3. The van der Waals surface area contributed by atoms with Crippen molar-refractivity contribution in [2.75, 3.05) is 6.54 Å². The lowest BCUT2D eigenvalue weighted by molar-refractivity contribution is -0.692. The summed E-state index contributed by atoms with van der Waals surface area (Å²) in [5.74, 6) is 0. The molecule has 17 heavy (non-hydrogen) atoms. The second-order valence-corrected chi connectivity index (χ2v) is 4.46. The largest absolute Gasteiger partial charge is 0.340 e. The van der Waals surface area contributed by atoms with Gasteiger partial charge in [-0.1, -0.05) is 60.7 Å². The van der Waals surface area contributed by atoms with Crippen molar-refractivity contribution >= 4 is 0 Å². The lowest BCUT2D eigenvalue weighted by Crippen LogP contribution is -2.85. The zero-order valence-electron chi connectivity index (χ0n) is 10.3. The van der Waals surface area contributed by atoms with Gasteiger partial charge in [0.1, 0.15) is 6.04 Å². The van der Waals surface area contributed by atoms with Crippen LogP contribution in [0, 0.1) is 0 Å². The van der Waals surface area contributed by atoms with E-state index in [4.69, 9.17) is 0 Å². The Bertz CT molecular complexity index is 422. The van der Waals surface area contributed by atoms with Gasteiger partial charge in [-0.15, -0.1) is 0 Å². The smallest absolute Gasteiger partial charge is 0.109 e. The first kappa shape index (κ1) is 11.9. The molecule has 88 valence electrons. The van der Waals surface area contributed by atoms with Crippen LogP contribution in [0.1, 0.15) is 24.1 Å². The van der Waals surface area contributed by atoms with E-state index in [1.165, 1.54) is 11.1 Å². The summed E-state index contributed by atoms with van der Waals surface area (Å²) in [5.41, 5.74) is 2.82. The van der Waals surface area contributed by atoms with Gasteiger partial charge in [-0.2, -0.15) is 0 Å². The third-order valence-corrected chi connectivity index (χ3v) is 3.12. The number of hydrogen-bond donors (Lipinski definition) is 1. The minimum absolute atomic E-state index is 0.542. The van der Waals surface area contributed by atoms with Crippen molar-refractivity contribution in [1.82, 2.24) is 0 Å². The molecule has 2 aromatic carbocycles. The molecule has 0 aliphatic carbocycles. The zero-order valence-corrected chi connectivity index (χ0v) is 10.3. The molecule has 0 aliphatic rings. The standard InChI is InChI=1S/C16H19N/c1-14(16-10-6-3-7-11-16)17-13-12-15-8-4-2-5-9-15/h2-11,14,17H,12-13H2,1H3/p+1. The van der Waals surface area contributed by atoms with Crippen LogP contribution in [0.25, 0.3) is 0 Å². The van der Waals surface area contributed by atoms with Gasteiger partial charge in [0.25, 0.3) is 0 Å². The molecule has 1 unspecified atom stereocenters. The second-order valence-electron chi connectivity index (χ2n) is 4.46. The minimum atomic E-state index is 0.542. The van der Waals surface area contributed by atoms with Gasteiger partial charge in [0.05, 0.1) is 6.54 Å². The molecule has 1 nitrogen and oxygen atoms in total. The fourth-order valence-electron chi connectivity index (χ4n) is 2.04. The van der Waals surface area contributed by atoms with E-state index in [-0.39, 0.29) is 0 Å². The van der Waals surface area contributed by atoms with Gasteiger partial charge in [0.15, 0.2) is 0 Å². The van der Waals surface area contributed by atoms with E-state index in [1.54, 1.807) is 0 Å². The van der Waals surface area contributed by atoms with Gasteiger partial charge in [0.2, 0.25) is 0 Å². The minimum Gasteiger partial charge on any atom is -0.340 e. The van der Waals surface area contributed by atoms with Crippen LogP contribution in [-0.4, -0.2) is 6.54 Å². The maximum atomic E-state index is 2.41. The van der Waals surface area contributed by atoms with Crippen LogP contribution in [0.4, 0.5) is 0 Å². The summed E-state index contributed by atoms with van der Waals surface area (Å²) in [7, 11) is 0. The Hall–Kier alpha value is -1.60. The molecule has 0 amide bonds. The molecule has 0 aliphatic heterocycles. The molecule has 1 heteroatoms. The van der Waals surface area contributed by atoms with Crippen molar-refractivity contribution in [2.45, 2.75) is 19.4 Å². The molecule has 0 fully saturated rings. The van der Waals surface area contributed by atoms with Crippen molar-refractivity contribution in [2.24, 2.45) is 0 Å². The third kappa shape index (κ3) is 3.72. The van der Waals surface area contributed by atoms with Gasteiger partial charge >= 0.3 is 0 Å². The van der Waals surface area contributed by atoms with Gasteiger partial charge < -0.3 is 5.32 Å². The Morgan fingerprint density at radius 2 is 1.47 bits per heavy atom. The van der Waals surface area contributed by atoms with E-state index < -0.39 is 0 Å². The molecular weight excluding hydrogens is 206 g/mol. The summed E-state index contributed by atoms with van der Waals surface area (Å²) < 4.78 is 0. The highest BCUT2D eigenvalue weighted by Crippen LogP contribution is 2.06. The molecule has 0 spiro atoms. The first-order valence-corrected chi connectivity index (χ1v) is 6.28. The fourth-order valence-corrected chi connectivity index (χ4v) is 2.04. The molecule has 2 aromatic rings. The van der Waals surface area contributed by atoms with Crippen molar-refractivity contribution in [3.8, 4) is 0 Å². The Morgan fingerprint density at radius 3 is 2.12 bits per heavy atom. The van der Waals surface area contributed by atoms with Crippen molar-refractivity contribution in [1.29, 1.82) is 0 Å². The van der Waals surface area contributed by atoms with Crippen LogP contribution in [0.3, 0.4) is 0 Å². The molecule has 0 radical (unpaired) electrons. The Balaban J connectivity index is 1.79. The summed E-state index contributed by atoms with van der Waals surface area (Å²) in [6.45, 7) is 3.40. The Morgan fingerprint density at radius 1 is 0.882 bits per heavy atom. The van der Waals surface area contributed by atoms with Gasteiger partial charge in [-0.3, -0.25) is 0 Å². The summed E-state index contributed by atoms with van der Waals surface area (Å²) in [4.78, 5) is 0. The average molecular weight is 226 g/mol. The summed E-state index contributed by atoms with van der Waals surface area (Å²) in [6, 6.07) is 21.9. The topological polar surface area (TPSA) is 16.6 Å². The second kappa shape index (κ2) is 6.21. The van der Waals surface area contributed by atoms with E-state index in [0.717, 1.165) is 13.0 Å². The van der Waals surface area contributed by atoms with E-state index >= 15 is 0 Å². The summed E-state index contributed by atoms with van der Waals surface area (Å²) in [5, 5.41) is 2.41. The molecule has 0 bridgehead atoms. The van der Waals surface area contributed by atoms with Crippen LogP contribution in [0.5, 0.6) is 0 Å². The fraction of sp³-hybridized carbons (Fsp3) is 0.250. The zero-order chi connectivity index (χ0) is 11.9. The van der Waals surface area contributed by atoms with E-state index in [9.17, 15) is 0 Å². The number of rotatable bonds is 5. The maximum absolute atomic E-state index is 2.41. The average Bonchev–Trinajstić information content (AvgIpc) is 2.41. The van der Waals surface area contributed by atoms with E-state index in [0.29, 0.717) is 6.04 Å². The number of quaternary nitrogens is 1. The molecule has 0 saturated carbocycles. The molecular formula is C16H20N+. The highest BCUT2D eigenvalue weighted by molar-refractivity contribution is 5.16. The highest BCUT2D eigenvalue weighted by atomic mass is 14.9.